The lowest BCUT2D eigenvalue weighted by Crippen LogP contribution is -2.28. The van der Waals surface area contributed by atoms with Crippen LogP contribution in [0, 0.1) is 0 Å². The fraction of sp³-hybridized carbons (Fsp3) is 0.148. The summed E-state index contributed by atoms with van der Waals surface area (Å²) in [7, 11) is 0. The number of pyridine rings is 1. The molecule has 2 unspecified atom stereocenters. The number of azo groups is 1. The maximum absolute atomic E-state index is 13.7. The molecule has 1 aromatic heterocycles. The Morgan fingerprint density at radius 1 is 1.00 bits per heavy atom. The van der Waals surface area contributed by atoms with Crippen molar-refractivity contribution in [1.82, 2.24) is 4.57 Å². The SMILES string of the molecule is NC1=NC(SC(CC(=O)c2c(O)c3ccccc3n(-c3ccccc3)c2=O)Cc2ccccc2)N=N1. The molecule has 0 saturated heterocycles. The van der Waals surface area contributed by atoms with Crippen molar-refractivity contribution < 1.29 is 9.90 Å². The van der Waals surface area contributed by atoms with E-state index in [1.807, 2.05) is 48.5 Å². The van der Waals surface area contributed by atoms with Gasteiger partial charge in [0.05, 0.1) is 5.52 Å². The van der Waals surface area contributed by atoms with E-state index in [1.165, 1.54) is 16.3 Å². The molecule has 0 bridgehead atoms. The number of nitrogens with zero attached hydrogens (tertiary/aromatic N) is 4. The summed E-state index contributed by atoms with van der Waals surface area (Å²) in [5, 5.41) is 19.0. The van der Waals surface area contributed by atoms with Crippen LogP contribution in [0.15, 0.2) is 105 Å². The zero-order chi connectivity index (χ0) is 25.1. The van der Waals surface area contributed by atoms with E-state index < -0.39 is 16.8 Å². The van der Waals surface area contributed by atoms with Crippen molar-refractivity contribution in [2.45, 2.75) is 23.6 Å². The smallest absolute Gasteiger partial charge is 0.270 e. The van der Waals surface area contributed by atoms with Gasteiger partial charge in [-0.2, -0.15) is 0 Å². The lowest BCUT2D eigenvalue weighted by Gasteiger charge is -2.19. The molecule has 1 aliphatic heterocycles. The Morgan fingerprint density at radius 3 is 2.36 bits per heavy atom. The van der Waals surface area contributed by atoms with Crippen LogP contribution >= 0.6 is 11.8 Å². The number of benzene rings is 3. The molecule has 0 fully saturated rings. The van der Waals surface area contributed by atoms with E-state index in [0.717, 1.165) is 5.56 Å². The van der Waals surface area contributed by atoms with E-state index in [4.69, 9.17) is 5.73 Å². The van der Waals surface area contributed by atoms with Gasteiger partial charge in [-0.1, -0.05) is 60.7 Å². The number of hydrogen-bond acceptors (Lipinski definition) is 8. The summed E-state index contributed by atoms with van der Waals surface area (Å²) in [5.41, 5.74) is 6.45. The Hall–Kier alpha value is -4.24. The van der Waals surface area contributed by atoms with E-state index in [-0.39, 0.29) is 28.9 Å². The van der Waals surface area contributed by atoms with Crippen LogP contribution in [0.2, 0.25) is 0 Å². The summed E-state index contributed by atoms with van der Waals surface area (Å²) in [4.78, 5) is 31.5. The number of hydrogen-bond donors (Lipinski definition) is 2. The van der Waals surface area contributed by atoms with Gasteiger partial charge in [0.15, 0.2) is 5.78 Å². The molecule has 2 heterocycles. The quantitative estimate of drug-likeness (QED) is 0.342. The predicted octanol–water partition coefficient (Wildman–Crippen LogP) is 4.68. The fourth-order valence-electron chi connectivity index (χ4n) is 4.27. The molecule has 0 saturated carbocycles. The van der Waals surface area contributed by atoms with Crippen LogP contribution in [-0.2, 0) is 6.42 Å². The van der Waals surface area contributed by atoms with Gasteiger partial charge in [0.25, 0.3) is 5.56 Å². The molecule has 3 aromatic carbocycles. The van der Waals surface area contributed by atoms with Crippen LogP contribution in [-0.4, -0.2) is 32.2 Å². The highest BCUT2D eigenvalue weighted by molar-refractivity contribution is 8.00. The van der Waals surface area contributed by atoms with Gasteiger partial charge in [-0.3, -0.25) is 14.2 Å². The Kier molecular flexibility index (Phi) is 6.64. The first-order valence-electron chi connectivity index (χ1n) is 11.4. The number of ketones is 1. The molecular weight excluding hydrogens is 474 g/mol. The summed E-state index contributed by atoms with van der Waals surface area (Å²) in [6, 6.07) is 25.8. The number of guanidine groups is 1. The highest BCUT2D eigenvalue weighted by Crippen LogP contribution is 2.32. The number of aliphatic imine (C=N–C) groups is 1. The summed E-state index contributed by atoms with van der Waals surface area (Å²) in [5.74, 6) is -0.664. The molecule has 36 heavy (non-hydrogen) atoms. The van der Waals surface area contributed by atoms with Crippen molar-refractivity contribution >= 4 is 34.4 Å². The minimum absolute atomic E-state index is 0.00304. The van der Waals surface area contributed by atoms with Crippen LogP contribution < -0.4 is 11.3 Å². The number of carbonyl (C=O) groups is 1. The van der Waals surface area contributed by atoms with E-state index in [1.54, 1.807) is 36.4 Å². The summed E-state index contributed by atoms with van der Waals surface area (Å²) >= 11 is 1.35. The second kappa shape index (κ2) is 10.2. The number of aromatic nitrogens is 1. The highest BCUT2D eigenvalue weighted by atomic mass is 32.2. The molecule has 1 aliphatic rings. The molecule has 0 spiro atoms. The Bertz CT molecular complexity index is 1530. The van der Waals surface area contributed by atoms with Crippen molar-refractivity contribution in [3.8, 4) is 11.4 Å². The monoisotopic (exact) mass is 497 g/mol. The number of rotatable bonds is 8. The van der Waals surface area contributed by atoms with Gasteiger partial charge in [0.1, 0.15) is 11.3 Å². The van der Waals surface area contributed by atoms with Crippen molar-refractivity contribution in [2.24, 2.45) is 21.0 Å². The van der Waals surface area contributed by atoms with Gasteiger partial charge in [-0.05, 0) is 36.2 Å². The number of Topliss-reactive ketones (excluding diaryl/α,β-unsaturated/α-hetero) is 1. The summed E-state index contributed by atoms with van der Waals surface area (Å²) < 4.78 is 1.47. The first-order valence-corrected chi connectivity index (χ1v) is 12.3. The molecule has 9 heteroatoms. The standard InChI is InChI=1S/C27H23N5O3S/c28-26-29-27(31-30-26)36-19(15-17-9-3-1-4-10-17)16-22(33)23-24(34)20-13-7-8-14-21(20)32(25(23)35)18-11-5-2-6-12-18/h1-14,19,27,34H,15-16H2,(H2,28,29). The molecule has 2 atom stereocenters. The van der Waals surface area contributed by atoms with Crippen molar-refractivity contribution in [2.75, 3.05) is 0 Å². The van der Waals surface area contributed by atoms with Gasteiger partial charge < -0.3 is 10.8 Å². The molecule has 0 amide bonds. The molecule has 180 valence electrons. The molecule has 5 rings (SSSR count). The zero-order valence-corrected chi connectivity index (χ0v) is 20.0. The molecule has 3 N–H and O–H groups in total. The molecular formula is C27H23N5O3S. The van der Waals surface area contributed by atoms with Crippen molar-refractivity contribution in [3.05, 3.63) is 106 Å². The van der Waals surface area contributed by atoms with E-state index in [0.29, 0.717) is 23.0 Å². The number of fused-ring (bicyclic) bond motifs is 1. The van der Waals surface area contributed by atoms with Gasteiger partial charge in [0, 0.05) is 22.7 Å². The third kappa shape index (κ3) is 4.78. The third-order valence-electron chi connectivity index (χ3n) is 5.88. The van der Waals surface area contributed by atoms with Gasteiger partial charge in [0.2, 0.25) is 11.5 Å². The molecule has 4 aromatic rings. The Balaban J connectivity index is 1.55. The van der Waals surface area contributed by atoms with Crippen molar-refractivity contribution in [1.29, 1.82) is 0 Å². The van der Waals surface area contributed by atoms with Gasteiger partial charge in [-0.25, -0.2) is 4.99 Å². The van der Waals surface area contributed by atoms with Gasteiger partial charge in [-0.15, -0.1) is 22.0 Å². The fourth-order valence-corrected chi connectivity index (χ4v) is 5.42. The van der Waals surface area contributed by atoms with E-state index in [2.05, 4.69) is 15.2 Å². The molecule has 0 radical (unpaired) electrons. The number of para-hydroxylation sites is 2. The van der Waals surface area contributed by atoms with Crippen LogP contribution in [0.3, 0.4) is 0 Å². The Labute approximate surface area is 211 Å². The first kappa shape index (κ1) is 23.5. The maximum atomic E-state index is 13.7. The molecule has 8 nitrogen and oxygen atoms in total. The second-order valence-electron chi connectivity index (χ2n) is 8.32. The summed E-state index contributed by atoms with van der Waals surface area (Å²) in [6.45, 7) is 0. The van der Waals surface area contributed by atoms with Gasteiger partial charge >= 0.3 is 0 Å². The summed E-state index contributed by atoms with van der Waals surface area (Å²) in [6.07, 6.45) is 0.539. The lowest BCUT2D eigenvalue weighted by molar-refractivity contribution is 0.0978. The van der Waals surface area contributed by atoms with Crippen LogP contribution in [0.25, 0.3) is 16.6 Å². The zero-order valence-electron chi connectivity index (χ0n) is 19.2. The average Bonchev–Trinajstić information content (AvgIpc) is 3.29. The number of thioether (sulfide) groups is 1. The number of carbonyl (C=O) groups excluding carboxylic acids is 1. The second-order valence-corrected chi connectivity index (χ2v) is 9.68. The van der Waals surface area contributed by atoms with E-state index >= 15 is 0 Å². The Morgan fingerprint density at radius 2 is 1.67 bits per heavy atom. The van der Waals surface area contributed by atoms with E-state index in [9.17, 15) is 14.7 Å². The minimum atomic E-state index is -0.561. The largest absolute Gasteiger partial charge is 0.506 e. The molecule has 0 aliphatic carbocycles. The van der Waals surface area contributed by atoms with Crippen LogP contribution in [0.4, 0.5) is 0 Å². The average molecular weight is 498 g/mol. The predicted molar refractivity (Wildman–Crippen MR) is 142 cm³/mol. The highest BCUT2D eigenvalue weighted by Gasteiger charge is 2.28. The topological polar surface area (TPSA) is 122 Å². The first-order chi connectivity index (χ1) is 17.5. The van der Waals surface area contributed by atoms with Crippen molar-refractivity contribution in [3.63, 3.8) is 0 Å². The lowest BCUT2D eigenvalue weighted by atomic mass is 10.0. The maximum Gasteiger partial charge on any atom is 0.270 e. The number of aromatic hydroxyl groups is 1. The number of nitrogens with two attached hydrogens (primary N) is 1. The minimum Gasteiger partial charge on any atom is -0.506 e. The third-order valence-corrected chi connectivity index (χ3v) is 7.04. The normalized spacial score (nSPS) is 15.7. The van der Waals surface area contributed by atoms with Crippen LogP contribution in [0.5, 0.6) is 5.75 Å². The van der Waals surface area contributed by atoms with Crippen LogP contribution in [0.1, 0.15) is 22.3 Å².